The molecule has 1 aromatic carbocycles. The summed E-state index contributed by atoms with van der Waals surface area (Å²) in [6, 6.07) is 6.15. The van der Waals surface area contributed by atoms with Crippen LogP contribution in [0.1, 0.15) is 106 Å². The van der Waals surface area contributed by atoms with Crippen LogP contribution in [0.5, 0.6) is 5.75 Å². The highest BCUT2D eigenvalue weighted by Gasteiger charge is 2.36. The molecule has 5 heterocycles. The molecule has 4 bridgehead atoms. The number of carboxylic acid groups (broad SMARTS) is 1. The van der Waals surface area contributed by atoms with Crippen molar-refractivity contribution in [1.82, 2.24) is 14.7 Å². The van der Waals surface area contributed by atoms with Crippen LogP contribution in [0.25, 0.3) is 5.65 Å². The zero-order chi connectivity index (χ0) is 31.6. The number of aromatic nitrogens is 2. The number of piperidine rings is 1. The summed E-state index contributed by atoms with van der Waals surface area (Å²) in [6.07, 6.45) is 7.71. The third kappa shape index (κ3) is 7.17. The van der Waals surface area contributed by atoms with Crippen LogP contribution in [0, 0.1) is 18.2 Å². The lowest BCUT2D eigenvalue weighted by Gasteiger charge is -2.42. The van der Waals surface area contributed by atoms with Crippen molar-refractivity contribution in [3.05, 3.63) is 58.7 Å². The number of carbonyl (C=O) groups excluding carboxylic acids is 1. The number of hydrogen-bond donors (Lipinski definition) is 2. The summed E-state index contributed by atoms with van der Waals surface area (Å²) in [5.41, 5.74) is 2.06. The van der Waals surface area contributed by atoms with Gasteiger partial charge in [0.25, 0.3) is 5.91 Å². The van der Waals surface area contributed by atoms with Crippen molar-refractivity contribution in [3.63, 3.8) is 0 Å². The fourth-order valence-corrected chi connectivity index (χ4v) is 6.38. The van der Waals surface area contributed by atoms with Crippen LogP contribution in [0.2, 0.25) is 0 Å². The van der Waals surface area contributed by atoms with Gasteiger partial charge in [-0.05, 0) is 88.6 Å². The number of ether oxygens (including phenoxy) is 2. The number of anilines is 1. The molecule has 1 atom stereocenters. The maximum Gasteiger partial charge on any atom is 0.337 e. The molecule has 9 nitrogen and oxygen atoms in total. The van der Waals surface area contributed by atoms with E-state index in [-0.39, 0.29) is 17.7 Å². The Kier molecular flexibility index (Phi) is 9.20. The molecule has 6 rings (SSSR count). The summed E-state index contributed by atoms with van der Waals surface area (Å²) in [6.45, 7) is 11.9. The van der Waals surface area contributed by atoms with E-state index in [4.69, 9.17) is 9.47 Å². The number of nitrogens with one attached hydrogen (secondary N) is 1. The average molecular weight is 609 g/mol. The molecule has 0 spiro atoms. The smallest absolute Gasteiger partial charge is 0.337 e. The van der Waals surface area contributed by atoms with Gasteiger partial charge in [-0.1, -0.05) is 26.2 Å². The molecule has 3 aromatic rings. The SMILES string of the molecule is Cc1cc2nc3cn2c(c1C(OC(C)(C)C)C(=O)O)N1CCC(C)(CCCCCCOc2ccc(F)cc2CNC3=O)CC1. The summed E-state index contributed by atoms with van der Waals surface area (Å²) in [7, 11) is 0. The van der Waals surface area contributed by atoms with Gasteiger partial charge in [-0.2, -0.15) is 0 Å². The van der Waals surface area contributed by atoms with Gasteiger partial charge in [0.2, 0.25) is 0 Å². The molecule has 10 heteroatoms. The third-order valence-electron chi connectivity index (χ3n) is 8.83. The second-order valence-electron chi connectivity index (χ2n) is 13.6. The molecule has 1 saturated heterocycles. The molecule has 1 unspecified atom stereocenters. The summed E-state index contributed by atoms with van der Waals surface area (Å²) in [5.74, 6) is -0.650. The Hall–Kier alpha value is -3.66. The number of halogens is 1. The van der Waals surface area contributed by atoms with E-state index in [9.17, 15) is 19.1 Å². The van der Waals surface area contributed by atoms with Gasteiger partial charge < -0.3 is 24.8 Å². The quantitative estimate of drug-likeness (QED) is 0.345. The topological polar surface area (TPSA) is 105 Å². The molecule has 0 saturated carbocycles. The van der Waals surface area contributed by atoms with Crippen LogP contribution in [-0.2, 0) is 16.1 Å². The lowest BCUT2D eigenvalue weighted by atomic mass is 9.76. The first kappa shape index (κ1) is 31.8. The van der Waals surface area contributed by atoms with Crippen molar-refractivity contribution in [2.24, 2.45) is 5.41 Å². The van der Waals surface area contributed by atoms with Crippen molar-refractivity contribution in [3.8, 4) is 5.75 Å². The van der Waals surface area contributed by atoms with Crippen LogP contribution in [0.3, 0.4) is 0 Å². The highest BCUT2D eigenvalue weighted by atomic mass is 19.1. The van der Waals surface area contributed by atoms with Gasteiger partial charge in [-0.3, -0.25) is 9.20 Å². The number of amides is 1. The second kappa shape index (κ2) is 12.8. The monoisotopic (exact) mass is 608 g/mol. The van der Waals surface area contributed by atoms with Crippen LogP contribution in [-0.4, -0.2) is 51.7 Å². The Morgan fingerprint density at radius 1 is 1.14 bits per heavy atom. The highest BCUT2D eigenvalue weighted by molar-refractivity contribution is 5.93. The van der Waals surface area contributed by atoms with E-state index in [1.54, 1.807) is 18.3 Å². The fraction of sp³-hybridized carbons (Fsp3) is 0.559. The number of pyridine rings is 1. The van der Waals surface area contributed by atoms with Crippen molar-refractivity contribution in [2.75, 3.05) is 24.6 Å². The fourth-order valence-electron chi connectivity index (χ4n) is 6.38. The molecule has 2 N–H and O–H groups in total. The Morgan fingerprint density at radius 3 is 2.57 bits per heavy atom. The predicted octanol–water partition coefficient (Wildman–Crippen LogP) is 6.60. The van der Waals surface area contributed by atoms with Gasteiger partial charge in [-0.25, -0.2) is 14.2 Å². The van der Waals surface area contributed by atoms with Gasteiger partial charge >= 0.3 is 5.97 Å². The first-order valence-corrected chi connectivity index (χ1v) is 15.7. The molecule has 2 aromatic heterocycles. The molecule has 238 valence electrons. The van der Waals surface area contributed by atoms with E-state index in [1.807, 2.05) is 32.1 Å². The molecule has 44 heavy (non-hydrogen) atoms. The van der Waals surface area contributed by atoms with Crippen LogP contribution < -0.4 is 15.0 Å². The number of benzene rings is 1. The minimum absolute atomic E-state index is 0.0716. The van der Waals surface area contributed by atoms with E-state index in [1.165, 1.54) is 12.1 Å². The van der Waals surface area contributed by atoms with Crippen LogP contribution in [0.4, 0.5) is 10.2 Å². The Morgan fingerprint density at radius 2 is 1.86 bits per heavy atom. The lowest BCUT2D eigenvalue weighted by molar-refractivity contribution is -0.160. The van der Waals surface area contributed by atoms with Crippen molar-refractivity contribution < 1.29 is 28.6 Å². The van der Waals surface area contributed by atoms with Gasteiger partial charge in [0, 0.05) is 37.0 Å². The van der Waals surface area contributed by atoms with Gasteiger partial charge in [0.15, 0.2) is 6.10 Å². The van der Waals surface area contributed by atoms with Crippen molar-refractivity contribution in [1.29, 1.82) is 0 Å². The number of nitrogens with zero attached hydrogens (tertiary/aromatic N) is 3. The van der Waals surface area contributed by atoms with Gasteiger partial charge in [0.1, 0.15) is 28.7 Å². The van der Waals surface area contributed by atoms with Crippen LogP contribution in [0.15, 0.2) is 30.5 Å². The van der Waals surface area contributed by atoms with Crippen molar-refractivity contribution >= 4 is 23.3 Å². The molecule has 3 aliphatic heterocycles. The molecular formula is C34H45FN4O5. The number of imidazole rings is 1. The Balaban J connectivity index is 1.59. The van der Waals surface area contributed by atoms with E-state index in [2.05, 4.69) is 22.1 Å². The highest BCUT2D eigenvalue weighted by Crippen LogP contribution is 2.41. The molecule has 0 aliphatic carbocycles. The summed E-state index contributed by atoms with van der Waals surface area (Å²) < 4.78 is 28.1. The largest absolute Gasteiger partial charge is 0.493 e. The molecule has 1 fully saturated rings. The number of carbonyl (C=O) groups is 2. The third-order valence-corrected chi connectivity index (χ3v) is 8.83. The average Bonchev–Trinajstić information content (AvgIpc) is 3.37. The maximum absolute atomic E-state index is 14.1. The molecule has 1 amide bonds. The first-order chi connectivity index (χ1) is 20.8. The lowest BCUT2D eigenvalue weighted by Crippen LogP contribution is -2.41. The standard InChI is InChI=1S/C34H45FN4O5/c1-22-18-27-37-25-21-39(27)31(28(22)29(32(41)42)44-33(2,3)4)38-15-13-34(5,14-16-38)12-8-6-7-9-17-43-26-11-10-24(35)19-23(26)20-36-30(25)40/h10-11,18-19,21,29H,6-9,12-17,20H2,1-5H3,(H,36,40)(H,41,42). The minimum atomic E-state index is -1.21. The van der Waals surface area contributed by atoms with E-state index in [0.717, 1.165) is 63.6 Å². The summed E-state index contributed by atoms with van der Waals surface area (Å²) in [5, 5.41) is 13.3. The number of fused-ring (bicyclic) bond motifs is 10. The van der Waals surface area contributed by atoms with Gasteiger partial charge in [-0.15, -0.1) is 0 Å². The number of aryl methyl sites for hydroxylation is 1. The Bertz CT molecular complexity index is 1520. The maximum atomic E-state index is 14.1. The van der Waals surface area contributed by atoms with Crippen LogP contribution >= 0.6 is 0 Å². The minimum Gasteiger partial charge on any atom is -0.493 e. The van der Waals surface area contributed by atoms with E-state index in [0.29, 0.717) is 34.9 Å². The first-order valence-electron chi connectivity index (χ1n) is 15.7. The number of rotatable bonds is 3. The molecule has 0 radical (unpaired) electrons. The Labute approximate surface area is 258 Å². The van der Waals surface area contributed by atoms with Crippen molar-refractivity contribution in [2.45, 2.75) is 97.8 Å². The summed E-state index contributed by atoms with van der Waals surface area (Å²) >= 11 is 0. The predicted molar refractivity (Wildman–Crippen MR) is 167 cm³/mol. The number of carboxylic acids is 1. The van der Waals surface area contributed by atoms with E-state index >= 15 is 0 Å². The zero-order valence-corrected chi connectivity index (χ0v) is 26.5. The number of aliphatic carboxylic acids is 1. The number of hydrogen-bond acceptors (Lipinski definition) is 6. The van der Waals surface area contributed by atoms with Gasteiger partial charge in [0.05, 0.1) is 12.2 Å². The van der Waals surface area contributed by atoms with E-state index < -0.39 is 29.4 Å². The second-order valence-corrected chi connectivity index (χ2v) is 13.6. The zero-order valence-electron chi connectivity index (χ0n) is 26.5. The molecule has 3 aliphatic rings. The molecular weight excluding hydrogens is 563 g/mol. The summed E-state index contributed by atoms with van der Waals surface area (Å²) in [4.78, 5) is 33.0. The normalized spacial score (nSPS) is 18.9.